The van der Waals surface area contributed by atoms with Gasteiger partial charge in [0, 0.05) is 18.2 Å². The molecule has 1 N–H and O–H groups in total. The number of carboxylic acid groups (broad SMARTS) is 1. The molecule has 0 aliphatic rings. The number of hydrogen-bond acceptors (Lipinski definition) is 3. The van der Waals surface area contributed by atoms with Crippen molar-refractivity contribution in [3.05, 3.63) is 35.4 Å². The fraction of sp³-hybridized carbons (Fsp3) is 0.400. The molecule has 0 aromatic heterocycles. The molecule has 0 bridgehead atoms. The Morgan fingerprint density at radius 3 is 2.79 bits per heavy atom. The molecule has 0 amide bonds. The first kappa shape index (κ1) is 15.2. The second-order valence-corrected chi connectivity index (χ2v) is 4.49. The van der Waals surface area contributed by atoms with Crippen molar-refractivity contribution >= 4 is 12.0 Å². The highest BCUT2D eigenvalue weighted by atomic mass is 16.5. The van der Waals surface area contributed by atoms with Crippen LogP contribution < -0.4 is 4.74 Å². The van der Waals surface area contributed by atoms with E-state index in [1.807, 2.05) is 18.2 Å². The van der Waals surface area contributed by atoms with E-state index < -0.39 is 5.97 Å². The highest BCUT2D eigenvalue weighted by molar-refractivity contribution is 5.85. The van der Waals surface area contributed by atoms with Crippen molar-refractivity contribution < 1.29 is 14.6 Å². The fourth-order valence-electron chi connectivity index (χ4n) is 1.95. The molecular formula is C15H21NO3. The zero-order valence-electron chi connectivity index (χ0n) is 11.7. The molecule has 0 unspecified atom stereocenters. The fourth-order valence-corrected chi connectivity index (χ4v) is 1.95. The molecule has 0 saturated carbocycles. The number of hydrogen-bond donors (Lipinski definition) is 1. The van der Waals surface area contributed by atoms with Crippen LogP contribution in [0.25, 0.3) is 6.08 Å². The number of ether oxygens (including phenoxy) is 1. The lowest BCUT2D eigenvalue weighted by molar-refractivity contribution is -0.131. The van der Waals surface area contributed by atoms with Crippen LogP contribution in [0.2, 0.25) is 0 Å². The lowest BCUT2D eigenvalue weighted by atomic mass is 10.1. The number of carboxylic acids is 1. The first-order valence-corrected chi connectivity index (χ1v) is 6.33. The summed E-state index contributed by atoms with van der Waals surface area (Å²) in [5.41, 5.74) is 1.93. The Bertz CT molecular complexity index is 455. The van der Waals surface area contributed by atoms with Crippen LogP contribution >= 0.6 is 0 Å². The molecule has 4 heteroatoms. The van der Waals surface area contributed by atoms with Gasteiger partial charge in [0.1, 0.15) is 5.75 Å². The molecule has 19 heavy (non-hydrogen) atoms. The lowest BCUT2D eigenvalue weighted by Gasteiger charge is -2.16. The third-order valence-corrected chi connectivity index (χ3v) is 2.76. The number of rotatable bonds is 7. The van der Waals surface area contributed by atoms with E-state index in [2.05, 4.69) is 18.9 Å². The van der Waals surface area contributed by atoms with Crippen LogP contribution in [0.1, 0.15) is 24.5 Å². The van der Waals surface area contributed by atoms with Crippen molar-refractivity contribution in [2.24, 2.45) is 0 Å². The van der Waals surface area contributed by atoms with E-state index in [0.29, 0.717) is 5.75 Å². The van der Waals surface area contributed by atoms with Gasteiger partial charge in [-0.3, -0.25) is 0 Å². The number of benzene rings is 1. The predicted molar refractivity (Wildman–Crippen MR) is 76.3 cm³/mol. The van der Waals surface area contributed by atoms with Gasteiger partial charge in [-0.25, -0.2) is 4.79 Å². The van der Waals surface area contributed by atoms with Crippen LogP contribution in [0.15, 0.2) is 24.3 Å². The predicted octanol–water partition coefficient (Wildman–Crippen LogP) is 2.63. The summed E-state index contributed by atoms with van der Waals surface area (Å²) in [6, 6.07) is 5.84. The Hall–Kier alpha value is -1.81. The monoisotopic (exact) mass is 263 g/mol. The summed E-state index contributed by atoms with van der Waals surface area (Å²) in [4.78, 5) is 12.8. The zero-order chi connectivity index (χ0) is 14.3. The summed E-state index contributed by atoms with van der Waals surface area (Å²) >= 11 is 0. The van der Waals surface area contributed by atoms with Gasteiger partial charge in [0.15, 0.2) is 0 Å². The second-order valence-electron chi connectivity index (χ2n) is 4.49. The highest BCUT2D eigenvalue weighted by Crippen LogP contribution is 2.22. The normalized spacial score (nSPS) is 11.2. The van der Waals surface area contributed by atoms with E-state index in [1.54, 1.807) is 13.2 Å². The molecule has 1 aromatic carbocycles. The van der Waals surface area contributed by atoms with E-state index in [1.165, 1.54) is 0 Å². The number of methoxy groups -OCH3 is 1. The summed E-state index contributed by atoms with van der Waals surface area (Å²) in [6.45, 7) is 4.02. The summed E-state index contributed by atoms with van der Waals surface area (Å²) < 4.78 is 5.23. The van der Waals surface area contributed by atoms with E-state index in [-0.39, 0.29) is 0 Å². The third kappa shape index (κ3) is 5.14. The van der Waals surface area contributed by atoms with Crippen LogP contribution in [-0.4, -0.2) is 36.7 Å². The average molecular weight is 263 g/mol. The summed E-state index contributed by atoms with van der Waals surface area (Å²) in [5, 5.41) is 8.69. The first-order valence-electron chi connectivity index (χ1n) is 6.33. The van der Waals surface area contributed by atoms with Crippen molar-refractivity contribution in [1.29, 1.82) is 0 Å². The van der Waals surface area contributed by atoms with Crippen molar-refractivity contribution in [2.45, 2.75) is 19.9 Å². The molecule has 0 heterocycles. The summed E-state index contributed by atoms with van der Waals surface area (Å²) in [6.07, 6.45) is 3.79. The minimum absolute atomic E-state index is 0.680. The molecule has 4 nitrogen and oxygen atoms in total. The Morgan fingerprint density at radius 1 is 1.47 bits per heavy atom. The largest absolute Gasteiger partial charge is 0.496 e. The van der Waals surface area contributed by atoms with E-state index in [4.69, 9.17) is 9.84 Å². The third-order valence-electron chi connectivity index (χ3n) is 2.76. The van der Waals surface area contributed by atoms with Gasteiger partial charge in [0.05, 0.1) is 7.11 Å². The highest BCUT2D eigenvalue weighted by Gasteiger charge is 2.04. The van der Waals surface area contributed by atoms with Crippen LogP contribution in [0, 0.1) is 0 Å². The summed E-state index contributed by atoms with van der Waals surface area (Å²) in [7, 11) is 3.65. The van der Waals surface area contributed by atoms with Crippen molar-refractivity contribution in [3.63, 3.8) is 0 Å². The topological polar surface area (TPSA) is 49.8 Å². The lowest BCUT2D eigenvalue weighted by Crippen LogP contribution is -2.18. The van der Waals surface area contributed by atoms with E-state index >= 15 is 0 Å². The second kappa shape index (κ2) is 7.59. The molecule has 0 aliphatic heterocycles. The van der Waals surface area contributed by atoms with Crippen LogP contribution in [0.4, 0.5) is 0 Å². The molecule has 0 fully saturated rings. The minimum Gasteiger partial charge on any atom is -0.496 e. The Balaban J connectivity index is 2.91. The van der Waals surface area contributed by atoms with Gasteiger partial charge in [-0.2, -0.15) is 0 Å². The Labute approximate surface area is 114 Å². The van der Waals surface area contributed by atoms with Crippen molar-refractivity contribution in [1.82, 2.24) is 4.90 Å². The number of aliphatic carboxylic acids is 1. The zero-order valence-corrected chi connectivity index (χ0v) is 11.7. The molecule has 0 saturated heterocycles. The van der Waals surface area contributed by atoms with Gasteiger partial charge in [-0.05, 0) is 43.8 Å². The van der Waals surface area contributed by atoms with Crippen LogP contribution in [-0.2, 0) is 11.3 Å². The van der Waals surface area contributed by atoms with Gasteiger partial charge in [0.25, 0.3) is 0 Å². The molecule has 0 spiro atoms. The maximum absolute atomic E-state index is 10.6. The smallest absolute Gasteiger partial charge is 0.328 e. The molecular weight excluding hydrogens is 242 g/mol. The van der Waals surface area contributed by atoms with Gasteiger partial charge >= 0.3 is 5.97 Å². The molecule has 0 aliphatic carbocycles. The van der Waals surface area contributed by atoms with Crippen molar-refractivity contribution in [3.8, 4) is 5.75 Å². The van der Waals surface area contributed by atoms with Gasteiger partial charge in [0.2, 0.25) is 0 Å². The molecule has 1 aromatic rings. The maximum atomic E-state index is 10.6. The minimum atomic E-state index is -0.962. The standard InChI is InChI=1S/C15H21NO3/c1-4-9-16(2)11-12-5-7-14(19-3)13(10-12)6-8-15(17)18/h5-8,10H,4,9,11H2,1-3H3,(H,17,18)/b8-6+. The summed E-state index contributed by atoms with van der Waals surface area (Å²) in [5.74, 6) is -0.282. The first-order chi connectivity index (χ1) is 9.06. The van der Waals surface area contributed by atoms with Gasteiger partial charge < -0.3 is 14.7 Å². The van der Waals surface area contributed by atoms with Gasteiger partial charge in [-0.1, -0.05) is 13.0 Å². The molecule has 1 rings (SSSR count). The van der Waals surface area contributed by atoms with E-state index in [0.717, 1.165) is 36.7 Å². The average Bonchev–Trinajstić information content (AvgIpc) is 2.36. The SMILES string of the molecule is CCCN(C)Cc1ccc(OC)c(/C=C/C(=O)O)c1. The number of carbonyl (C=O) groups is 1. The quantitative estimate of drug-likeness (QED) is 0.768. The van der Waals surface area contributed by atoms with E-state index in [9.17, 15) is 4.79 Å². The Morgan fingerprint density at radius 2 is 2.21 bits per heavy atom. The van der Waals surface area contributed by atoms with Crippen LogP contribution in [0.5, 0.6) is 5.75 Å². The molecule has 104 valence electrons. The Kier molecular flexibility index (Phi) is 6.09. The van der Waals surface area contributed by atoms with Crippen LogP contribution in [0.3, 0.4) is 0 Å². The molecule has 0 atom stereocenters. The van der Waals surface area contributed by atoms with Crippen molar-refractivity contribution in [2.75, 3.05) is 20.7 Å². The molecule has 0 radical (unpaired) electrons. The van der Waals surface area contributed by atoms with Gasteiger partial charge in [-0.15, -0.1) is 0 Å². The number of nitrogens with zero attached hydrogens (tertiary/aromatic N) is 1. The maximum Gasteiger partial charge on any atom is 0.328 e.